The highest BCUT2D eigenvalue weighted by Crippen LogP contribution is 2.35. The van der Waals surface area contributed by atoms with Crippen LogP contribution in [0.25, 0.3) is 10.2 Å². The molecule has 0 saturated heterocycles. The van der Waals surface area contributed by atoms with Gasteiger partial charge in [0.1, 0.15) is 17.0 Å². The average Bonchev–Trinajstić information content (AvgIpc) is 2.94. The zero-order chi connectivity index (χ0) is 16.4. The summed E-state index contributed by atoms with van der Waals surface area (Å²) in [6, 6.07) is 4.98. The van der Waals surface area contributed by atoms with Crippen LogP contribution in [0.1, 0.15) is 31.3 Å². The fourth-order valence-electron chi connectivity index (χ4n) is 1.94. The normalized spacial score (nSPS) is 12.2. The van der Waals surface area contributed by atoms with Gasteiger partial charge < -0.3 is 0 Å². The molecule has 0 saturated carbocycles. The van der Waals surface area contributed by atoms with Crippen molar-refractivity contribution in [3.8, 4) is 0 Å². The molecule has 0 aliphatic heterocycles. The first-order valence-corrected chi connectivity index (χ1v) is 7.91. The van der Waals surface area contributed by atoms with E-state index in [1.165, 1.54) is 23.5 Å². The maximum absolute atomic E-state index is 12.8. The van der Waals surface area contributed by atoms with Crippen molar-refractivity contribution in [3.63, 3.8) is 0 Å². The molecule has 3 aromatic heterocycles. The monoisotopic (exact) mass is 329 g/mol. The third-order valence-corrected chi connectivity index (χ3v) is 4.65. The third-order valence-electron chi connectivity index (χ3n) is 3.19. The van der Waals surface area contributed by atoms with Crippen LogP contribution in [0.2, 0.25) is 0 Å². The van der Waals surface area contributed by atoms with Crippen LogP contribution in [-0.2, 0) is 5.41 Å². The lowest BCUT2D eigenvalue weighted by molar-refractivity contribution is 0.604. The first-order valence-electron chi connectivity index (χ1n) is 7.09. The maximum Gasteiger partial charge on any atom is 0.158 e. The van der Waals surface area contributed by atoms with E-state index in [1.54, 1.807) is 17.4 Å². The Labute approximate surface area is 137 Å². The number of nitrogens with zero attached hydrogens (tertiary/aromatic N) is 4. The Bertz CT molecular complexity index is 849. The van der Waals surface area contributed by atoms with Crippen molar-refractivity contribution in [2.75, 3.05) is 5.43 Å². The summed E-state index contributed by atoms with van der Waals surface area (Å²) >= 11 is 1.65. The lowest BCUT2D eigenvalue weighted by atomic mass is 9.94. The van der Waals surface area contributed by atoms with Gasteiger partial charge in [0, 0.05) is 4.88 Å². The van der Waals surface area contributed by atoms with Crippen molar-refractivity contribution in [2.24, 2.45) is 5.10 Å². The second-order valence-corrected chi connectivity index (χ2v) is 7.10. The van der Waals surface area contributed by atoms with Crippen LogP contribution >= 0.6 is 11.3 Å². The van der Waals surface area contributed by atoms with Crippen molar-refractivity contribution in [3.05, 3.63) is 47.1 Å². The largest absolute Gasteiger partial charge is 0.261 e. The van der Waals surface area contributed by atoms with Gasteiger partial charge in [0.2, 0.25) is 0 Å². The molecule has 0 aliphatic carbocycles. The van der Waals surface area contributed by atoms with Gasteiger partial charge in [0.25, 0.3) is 0 Å². The number of nitrogens with one attached hydrogen (secondary N) is 1. The number of anilines is 1. The molecule has 7 heteroatoms. The Hall–Kier alpha value is -2.41. The zero-order valence-electron chi connectivity index (χ0n) is 13.0. The van der Waals surface area contributed by atoms with E-state index in [4.69, 9.17) is 0 Å². The SMILES string of the molecule is CC(C)(C)c1cc2c(NN=Cc3ccc(F)cn3)ncnc2s1. The second-order valence-electron chi connectivity index (χ2n) is 6.07. The van der Waals surface area contributed by atoms with Gasteiger partial charge in [0.05, 0.1) is 23.5 Å². The summed E-state index contributed by atoms with van der Waals surface area (Å²) in [7, 11) is 0. The third kappa shape index (κ3) is 3.50. The van der Waals surface area contributed by atoms with Crippen molar-refractivity contribution >= 4 is 33.6 Å². The molecular weight excluding hydrogens is 313 g/mol. The highest BCUT2D eigenvalue weighted by atomic mass is 32.1. The van der Waals surface area contributed by atoms with Crippen molar-refractivity contribution < 1.29 is 4.39 Å². The molecule has 3 heterocycles. The number of aromatic nitrogens is 3. The van der Waals surface area contributed by atoms with Crippen molar-refractivity contribution in [1.29, 1.82) is 0 Å². The van der Waals surface area contributed by atoms with Crippen LogP contribution in [-0.4, -0.2) is 21.2 Å². The Kier molecular flexibility index (Phi) is 4.04. The van der Waals surface area contributed by atoms with Gasteiger partial charge >= 0.3 is 0 Å². The summed E-state index contributed by atoms with van der Waals surface area (Å²) in [5, 5.41) is 5.05. The molecule has 3 aromatic rings. The summed E-state index contributed by atoms with van der Waals surface area (Å²) < 4.78 is 12.8. The van der Waals surface area contributed by atoms with E-state index in [2.05, 4.69) is 52.3 Å². The summed E-state index contributed by atoms with van der Waals surface area (Å²) in [4.78, 5) is 14.6. The molecule has 0 amide bonds. The Morgan fingerprint density at radius 3 is 2.74 bits per heavy atom. The quantitative estimate of drug-likeness (QED) is 0.583. The second kappa shape index (κ2) is 6.00. The van der Waals surface area contributed by atoms with Gasteiger partial charge in [-0.2, -0.15) is 5.10 Å². The molecule has 0 radical (unpaired) electrons. The van der Waals surface area contributed by atoms with Crippen LogP contribution in [0.4, 0.5) is 10.2 Å². The van der Waals surface area contributed by atoms with Gasteiger partial charge in [-0.15, -0.1) is 11.3 Å². The molecule has 1 N–H and O–H groups in total. The highest BCUT2D eigenvalue weighted by Gasteiger charge is 2.18. The number of thiophene rings is 1. The number of pyridine rings is 1. The summed E-state index contributed by atoms with van der Waals surface area (Å²) in [5.41, 5.74) is 3.53. The molecule has 0 aromatic carbocycles. The molecule has 3 rings (SSSR count). The molecule has 0 spiro atoms. The van der Waals surface area contributed by atoms with E-state index in [1.807, 2.05) is 0 Å². The lowest BCUT2D eigenvalue weighted by Crippen LogP contribution is -2.07. The van der Waals surface area contributed by atoms with E-state index in [-0.39, 0.29) is 11.2 Å². The van der Waals surface area contributed by atoms with E-state index in [0.29, 0.717) is 11.5 Å². The van der Waals surface area contributed by atoms with Gasteiger partial charge in [-0.3, -0.25) is 10.4 Å². The van der Waals surface area contributed by atoms with Crippen LogP contribution in [0.5, 0.6) is 0 Å². The number of hydrogen-bond donors (Lipinski definition) is 1. The molecule has 0 aliphatic rings. The Balaban J connectivity index is 1.85. The van der Waals surface area contributed by atoms with Crippen LogP contribution < -0.4 is 5.43 Å². The van der Waals surface area contributed by atoms with E-state index < -0.39 is 0 Å². The summed E-state index contributed by atoms with van der Waals surface area (Å²) in [5.74, 6) is 0.265. The minimum absolute atomic E-state index is 0.0595. The van der Waals surface area contributed by atoms with Crippen LogP contribution in [0, 0.1) is 5.82 Å². The topological polar surface area (TPSA) is 63.1 Å². The number of halogens is 1. The average molecular weight is 329 g/mol. The maximum atomic E-state index is 12.8. The van der Waals surface area contributed by atoms with E-state index >= 15 is 0 Å². The predicted octanol–water partition coefficient (Wildman–Crippen LogP) is 3.97. The van der Waals surface area contributed by atoms with Crippen molar-refractivity contribution in [1.82, 2.24) is 15.0 Å². The van der Waals surface area contributed by atoms with Gasteiger partial charge in [-0.1, -0.05) is 20.8 Å². The van der Waals surface area contributed by atoms with Crippen LogP contribution in [0.3, 0.4) is 0 Å². The lowest BCUT2D eigenvalue weighted by Gasteiger charge is -2.14. The highest BCUT2D eigenvalue weighted by molar-refractivity contribution is 7.18. The minimum atomic E-state index is -0.374. The number of rotatable bonds is 3. The van der Waals surface area contributed by atoms with Gasteiger partial charge in [-0.05, 0) is 23.6 Å². The molecule has 23 heavy (non-hydrogen) atoms. The fraction of sp³-hybridized carbons (Fsp3) is 0.250. The standard InChI is InChI=1S/C16H16FN5S/c1-16(2,3)13-6-12-14(19-9-20-15(12)23-13)22-21-8-11-5-4-10(17)7-18-11/h4-9H,1-3H3,(H,19,20,22). The number of hydrogen-bond acceptors (Lipinski definition) is 6. The smallest absolute Gasteiger partial charge is 0.158 e. The fourth-order valence-corrected chi connectivity index (χ4v) is 2.99. The van der Waals surface area contributed by atoms with E-state index in [9.17, 15) is 4.39 Å². The molecule has 5 nitrogen and oxygen atoms in total. The van der Waals surface area contributed by atoms with Gasteiger partial charge in [-0.25, -0.2) is 14.4 Å². The summed E-state index contributed by atoms with van der Waals surface area (Å²) in [6.45, 7) is 6.49. The minimum Gasteiger partial charge on any atom is -0.261 e. The van der Waals surface area contributed by atoms with E-state index in [0.717, 1.165) is 16.4 Å². The molecule has 118 valence electrons. The van der Waals surface area contributed by atoms with Crippen LogP contribution in [0.15, 0.2) is 35.8 Å². The molecular formula is C16H16FN5S. The molecule has 0 unspecified atom stereocenters. The predicted molar refractivity (Wildman–Crippen MR) is 91.5 cm³/mol. The summed E-state index contributed by atoms with van der Waals surface area (Å²) in [6.07, 6.45) is 4.18. The first kappa shape index (κ1) is 15.5. The zero-order valence-corrected chi connectivity index (χ0v) is 13.9. The molecule has 0 fully saturated rings. The Morgan fingerprint density at radius 1 is 1.22 bits per heavy atom. The first-order chi connectivity index (χ1) is 10.9. The number of fused-ring (bicyclic) bond motifs is 1. The van der Waals surface area contributed by atoms with Crippen molar-refractivity contribution in [2.45, 2.75) is 26.2 Å². The molecule has 0 atom stereocenters. The molecule has 0 bridgehead atoms. The van der Waals surface area contributed by atoms with Gasteiger partial charge in [0.15, 0.2) is 5.82 Å². The Morgan fingerprint density at radius 2 is 2.04 bits per heavy atom. The number of hydrazone groups is 1.